The third-order valence-electron chi connectivity index (χ3n) is 6.42. The number of hydrogen-bond donors (Lipinski definition) is 3. The molecule has 4 aromatic rings. The quantitative estimate of drug-likeness (QED) is 0.107. The van der Waals surface area contributed by atoms with Gasteiger partial charge in [0, 0.05) is 29.3 Å². The monoisotopic (exact) mass is 635 g/mol. The minimum atomic E-state index is -5.38. The van der Waals surface area contributed by atoms with Gasteiger partial charge in [-0.2, -0.15) is 21.8 Å². The van der Waals surface area contributed by atoms with Crippen molar-refractivity contribution in [1.82, 2.24) is 10.3 Å². The molecule has 43 heavy (non-hydrogen) atoms. The second-order valence-electron chi connectivity index (χ2n) is 9.36. The largest absolute Gasteiger partial charge is 0.327 e. The maximum absolute atomic E-state index is 12.1. The maximum Gasteiger partial charge on any atom is 0.292 e. The third kappa shape index (κ3) is 7.17. The lowest BCUT2D eigenvalue weighted by atomic mass is 9.96. The van der Waals surface area contributed by atoms with Gasteiger partial charge in [0.25, 0.3) is 24.3 Å². The summed E-state index contributed by atoms with van der Waals surface area (Å²) in [5.41, 5.74) is 3.00. The standard InChI is InChI=1S/C17H16N2O7S3.C13H9N/c1-12(20)19-16-9-6-14(17(10-16,28(21,22)23)29(24,25)26)5-2-13-3-7-15(8-4-13)18-11-27;1-3-7-12-10(5-1)9-11-6-2-4-8-13(11)14-12/h2-10,14H,1H3,(H,19,20)(H,21,22,23)(H,24,25,26);1-9H. The molecule has 3 N–H and O–H groups in total. The van der Waals surface area contributed by atoms with E-state index in [-0.39, 0.29) is 5.70 Å². The molecule has 1 amide bonds. The van der Waals surface area contributed by atoms with Crippen molar-refractivity contribution in [3.63, 3.8) is 0 Å². The number of rotatable bonds is 6. The van der Waals surface area contributed by atoms with Gasteiger partial charge in [0.15, 0.2) is 0 Å². The molecule has 1 aliphatic carbocycles. The first kappa shape index (κ1) is 31.6. The van der Waals surface area contributed by atoms with Crippen molar-refractivity contribution in [1.29, 1.82) is 0 Å². The Labute approximate surface area is 253 Å². The first-order valence-electron chi connectivity index (χ1n) is 12.6. The number of amides is 1. The molecule has 0 radical (unpaired) electrons. The lowest BCUT2D eigenvalue weighted by Gasteiger charge is -2.32. The van der Waals surface area contributed by atoms with Crippen LogP contribution in [-0.2, 0) is 25.0 Å². The van der Waals surface area contributed by atoms with Crippen LogP contribution in [0.3, 0.4) is 0 Å². The summed E-state index contributed by atoms with van der Waals surface area (Å²) in [5, 5.41) is 6.83. The molecule has 220 valence electrons. The van der Waals surface area contributed by atoms with E-state index in [1.54, 1.807) is 24.3 Å². The van der Waals surface area contributed by atoms with E-state index in [0.29, 0.717) is 17.3 Å². The zero-order valence-electron chi connectivity index (χ0n) is 22.5. The number of fused-ring (bicyclic) bond motifs is 2. The van der Waals surface area contributed by atoms with Gasteiger partial charge in [0.05, 0.1) is 21.9 Å². The Morgan fingerprint density at radius 1 is 0.953 bits per heavy atom. The zero-order valence-corrected chi connectivity index (χ0v) is 25.0. The molecule has 0 fully saturated rings. The first-order valence-corrected chi connectivity index (χ1v) is 15.9. The average Bonchev–Trinajstić information content (AvgIpc) is 2.95. The smallest absolute Gasteiger partial charge is 0.292 e. The van der Waals surface area contributed by atoms with E-state index >= 15 is 0 Å². The Kier molecular flexibility index (Phi) is 9.46. The highest BCUT2D eigenvalue weighted by Gasteiger charge is 2.58. The van der Waals surface area contributed by atoms with Crippen molar-refractivity contribution < 1.29 is 30.7 Å². The first-order chi connectivity index (χ1) is 20.3. The van der Waals surface area contributed by atoms with Crippen molar-refractivity contribution in [3.8, 4) is 0 Å². The number of hydrogen-bond acceptors (Lipinski definition) is 8. The lowest BCUT2D eigenvalue weighted by Crippen LogP contribution is -2.51. The van der Waals surface area contributed by atoms with E-state index in [1.165, 1.54) is 29.0 Å². The van der Waals surface area contributed by atoms with Crippen LogP contribution in [0.1, 0.15) is 12.5 Å². The van der Waals surface area contributed by atoms with Crippen LogP contribution in [0, 0.1) is 5.92 Å². The highest BCUT2D eigenvalue weighted by molar-refractivity contribution is 8.05. The fourth-order valence-electron chi connectivity index (χ4n) is 4.46. The number of pyridine rings is 1. The molecule has 3 aromatic carbocycles. The fraction of sp³-hybridized carbons (Fsp3) is 0.100. The average molecular weight is 636 g/mol. The predicted molar refractivity (Wildman–Crippen MR) is 170 cm³/mol. The molecule has 1 atom stereocenters. The van der Waals surface area contributed by atoms with Crippen LogP contribution in [0.25, 0.3) is 27.9 Å². The third-order valence-corrected chi connectivity index (χ3v) is 10.2. The summed E-state index contributed by atoms with van der Waals surface area (Å²) in [6.45, 7) is 1.13. The highest BCUT2D eigenvalue weighted by atomic mass is 32.3. The van der Waals surface area contributed by atoms with E-state index in [0.717, 1.165) is 24.0 Å². The van der Waals surface area contributed by atoms with Gasteiger partial charge >= 0.3 is 0 Å². The van der Waals surface area contributed by atoms with Crippen LogP contribution in [0.5, 0.6) is 0 Å². The maximum atomic E-state index is 12.1. The molecule has 13 heteroatoms. The van der Waals surface area contributed by atoms with Crippen molar-refractivity contribution >= 4 is 77.1 Å². The molecule has 5 rings (SSSR count). The summed E-state index contributed by atoms with van der Waals surface area (Å²) in [6.07, 6.45) is 5.58. The van der Waals surface area contributed by atoms with Gasteiger partial charge in [-0.05, 0) is 60.3 Å². The van der Waals surface area contributed by atoms with Crippen molar-refractivity contribution in [2.45, 2.75) is 11.0 Å². The second kappa shape index (κ2) is 12.9. The summed E-state index contributed by atoms with van der Waals surface area (Å²) < 4.78 is 64.7. The van der Waals surface area contributed by atoms with Crippen LogP contribution in [0.15, 0.2) is 114 Å². The van der Waals surface area contributed by atoms with Gasteiger partial charge in [-0.15, -0.1) is 0 Å². The summed E-state index contributed by atoms with van der Waals surface area (Å²) in [5.74, 6) is -2.10. The van der Waals surface area contributed by atoms with Crippen LogP contribution in [0.4, 0.5) is 5.69 Å². The molecule has 0 saturated heterocycles. The van der Waals surface area contributed by atoms with Gasteiger partial charge < -0.3 is 5.32 Å². The fourth-order valence-corrected chi connectivity index (χ4v) is 7.18. The molecule has 1 aliphatic rings. The van der Waals surface area contributed by atoms with Crippen LogP contribution in [-0.4, -0.2) is 46.1 Å². The number of thiocarbonyl (C=S) groups is 1. The Hall–Kier alpha value is -4.36. The molecule has 10 nitrogen and oxygen atoms in total. The van der Waals surface area contributed by atoms with E-state index in [1.807, 2.05) is 36.4 Å². The number of carbonyl (C=O) groups is 1. The zero-order chi connectivity index (χ0) is 31.3. The highest BCUT2D eigenvalue weighted by Crippen LogP contribution is 2.39. The Bertz CT molecular complexity index is 1910. The molecule has 1 aromatic heterocycles. The van der Waals surface area contributed by atoms with E-state index in [2.05, 4.69) is 50.9 Å². The minimum Gasteiger partial charge on any atom is -0.327 e. The summed E-state index contributed by atoms with van der Waals surface area (Å²) >= 11 is 4.50. The summed E-state index contributed by atoms with van der Waals surface area (Å²) in [7, 11) is -10.8. The molecule has 0 bridgehead atoms. The summed E-state index contributed by atoms with van der Waals surface area (Å²) in [6, 6.07) is 25.0. The van der Waals surface area contributed by atoms with Crippen LogP contribution >= 0.6 is 12.2 Å². The number of para-hydroxylation sites is 2. The summed E-state index contributed by atoms with van der Waals surface area (Å²) in [4.78, 5) is 19.6. The number of carbonyl (C=O) groups excluding carboxylic acids is 1. The van der Waals surface area contributed by atoms with E-state index in [9.17, 15) is 30.7 Å². The van der Waals surface area contributed by atoms with Crippen LogP contribution < -0.4 is 5.32 Å². The van der Waals surface area contributed by atoms with Crippen molar-refractivity contribution in [2.75, 3.05) is 0 Å². The SMILES string of the molecule is CC(=O)NC1=CC(S(=O)(=O)O)(S(=O)(=O)O)C(C=Cc2ccc(N=C=S)cc2)C=C1.c1ccc2nc3ccccc3cc2c1. The Balaban J connectivity index is 0.000000248. The van der Waals surface area contributed by atoms with Gasteiger partial charge in [-0.25, -0.2) is 4.98 Å². The minimum absolute atomic E-state index is 0.209. The molecular formula is C30H25N3O7S3. The normalized spacial score (nSPS) is 16.2. The number of benzene rings is 3. The van der Waals surface area contributed by atoms with Gasteiger partial charge in [0.1, 0.15) is 0 Å². The number of aromatic nitrogens is 1. The molecule has 0 aliphatic heterocycles. The van der Waals surface area contributed by atoms with Crippen molar-refractivity contribution in [3.05, 3.63) is 114 Å². The topological polar surface area (TPSA) is 163 Å². The van der Waals surface area contributed by atoms with Gasteiger partial charge in [0.2, 0.25) is 5.91 Å². The number of isothiocyanates is 1. The van der Waals surface area contributed by atoms with E-state index < -0.39 is 36.1 Å². The molecule has 0 saturated carbocycles. The Morgan fingerprint density at radius 3 is 2.02 bits per heavy atom. The number of nitrogens with one attached hydrogen (secondary N) is 1. The number of aliphatic imine (C=N–C) groups is 1. The van der Waals surface area contributed by atoms with Gasteiger partial charge in [-0.3, -0.25) is 13.9 Å². The lowest BCUT2D eigenvalue weighted by molar-refractivity contribution is -0.118. The molecular weight excluding hydrogens is 611 g/mol. The second-order valence-corrected chi connectivity index (χ2v) is 13.1. The number of nitrogens with zero attached hydrogens (tertiary/aromatic N) is 2. The predicted octanol–water partition coefficient (Wildman–Crippen LogP) is 5.50. The molecule has 1 unspecified atom stereocenters. The van der Waals surface area contributed by atoms with Crippen molar-refractivity contribution in [2.24, 2.45) is 10.9 Å². The van der Waals surface area contributed by atoms with E-state index in [4.69, 9.17) is 0 Å². The Morgan fingerprint density at radius 2 is 1.51 bits per heavy atom. The molecule has 1 heterocycles. The number of allylic oxidation sites excluding steroid dienone is 3. The molecule has 0 spiro atoms. The van der Waals surface area contributed by atoms with Crippen LogP contribution in [0.2, 0.25) is 0 Å². The van der Waals surface area contributed by atoms with Gasteiger partial charge in [-0.1, -0.05) is 66.8 Å².